The van der Waals surface area contributed by atoms with E-state index in [0.717, 1.165) is 29.0 Å². The molecule has 1 aliphatic rings. The second kappa shape index (κ2) is 8.48. The van der Waals surface area contributed by atoms with Crippen molar-refractivity contribution in [2.75, 3.05) is 5.32 Å². The fraction of sp³-hybridized carbons (Fsp3) is 0.250. The summed E-state index contributed by atoms with van der Waals surface area (Å²) in [5.74, 6) is 0.523. The third kappa shape index (κ3) is 4.18. The zero-order chi connectivity index (χ0) is 22.2. The summed E-state index contributed by atoms with van der Waals surface area (Å²) in [6.07, 6.45) is 2.58. The molecule has 1 aliphatic carbocycles. The van der Waals surface area contributed by atoms with Crippen molar-refractivity contribution < 1.29 is 4.79 Å². The van der Waals surface area contributed by atoms with Crippen LogP contribution in [-0.2, 0) is 11.2 Å². The fourth-order valence-electron chi connectivity index (χ4n) is 3.81. The molecule has 0 unspecified atom stereocenters. The van der Waals surface area contributed by atoms with E-state index in [0.29, 0.717) is 33.3 Å². The van der Waals surface area contributed by atoms with Crippen molar-refractivity contribution in [2.24, 2.45) is 0 Å². The third-order valence-electron chi connectivity index (χ3n) is 5.53. The van der Waals surface area contributed by atoms with Crippen molar-refractivity contribution in [2.45, 2.75) is 38.6 Å². The first-order chi connectivity index (χ1) is 15.5. The number of nitrogens with zero attached hydrogens (tertiary/aromatic N) is 3. The van der Waals surface area contributed by atoms with Gasteiger partial charge in [0.1, 0.15) is 5.82 Å². The number of amides is 1. The molecule has 1 fully saturated rings. The molecule has 6 nitrogen and oxygen atoms in total. The van der Waals surface area contributed by atoms with Gasteiger partial charge in [-0.25, -0.2) is 9.97 Å². The zero-order valence-electron chi connectivity index (χ0n) is 17.5. The van der Waals surface area contributed by atoms with Crippen LogP contribution in [0.25, 0.3) is 22.2 Å². The molecule has 162 valence electrons. The Morgan fingerprint density at radius 1 is 1.16 bits per heavy atom. The minimum absolute atomic E-state index is 0.0170. The normalized spacial score (nSPS) is 13.4. The molecular weight excluding hydrogens is 444 g/mol. The van der Waals surface area contributed by atoms with Crippen LogP contribution in [0.2, 0.25) is 5.02 Å². The molecule has 0 radical (unpaired) electrons. The van der Waals surface area contributed by atoms with Crippen LogP contribution in [0.5, 0.6) is 0 Å². The van der Waals surface area contributed by atoms with Gasteiger partial charge in [0, 0.05) is 34.3 Å². The minimum Gasteiger partial charge on any atom is -0.302 e. The predicted octanol–water partition coefficient (Wildman–Crippen LogP) is 5.39. The Hall–Kier alpha value is -3.03. The van der Waals surface area contributed by atoms with Crippen molar-refractivity contribution in [1.29, 1.82) is 0 Å². The number of halogens is 1. The van der Waals surface area contributed by atoms with E-state index in [1.165, 1.54) is 11.3 Å². The van der Waals surface area contributed by atoms with Gasteiger partial charge in [-0.3, -0.25) is 14.2 Å². The number of benzene rings is 2. The monoisotopic (exact) mass is 464 g/mol. The van der Waals surface area contributed by atoms with E-state index in [2.05, 4.69) is 10.3 Å². The van der Waals surface area contributed by atoms with Gasteiger partial charge in [0.25, 0.3) is 5.56 Å². The topological polar surface area (TPSA) is 76.9 Å². The van der Waals surface area contributed by atoms with Crippen molar-refractivity contribution >= 4 is 44.9 Å². The lowest BCUT2D eigenvalue weighted by molar-refractivity contribution is -0.116. The van der Waals surface area contributed by atoms with Crippen LogP contribution < -0.4 is 10.9 Å². The number of aromatic nitrogens is 3. The van der Waals surface area contributed by atoms with E-state index in [1.54, 1.807) is 4.57 Å². The molecule has 5 rings (SSSR count). The predicted molar refractivity (Wildman–Crippen MR) is 129 cm³/mol. The van der Waals surface area contributed by atoms with Crippen LogP contribution in [-0.4, -0.2) is 20.4 Å². The summed E-state index contributed by atoms with van der Waals surface area (Å²) in [4.78, 5) is 35.9. The van der Waals surface area contributed by atoms with E-state index in [4.69, 9.17) is 16.6 Å². The first-order valence-electron chi connectivity index (χ1n) is 10.5. The van der Waals surface area contributed by atoms with E-state index >= 15 is 0 Å². The SMILES string of the molecule is Cc1sc(NC(=O)CCc2nc3ccccc3c(=O)n2C2CC2)nc1-c1ccc(Cl)cc1. The molecular formula is C24H21ClN4O2S. The van der Waals surface area contributed by atoms with Crippen molar-refractivity contribution in [3.8, 4) is 11.3 Å². The van der Waals surface area contributed by atoms with Gasteiger partial charge in [0.15, 0.2) is 5.13 Å². The number of anilines is 1. The molecule has 0 atom stereocenters. The number of aryl methyl sites for hydroxylation is 2. The Bertz CT molecular complexity index is 1370. The highest BCUT2D eigenvalue weighted by Crippen LogP contribution is 2.35. The second-order valence-corrected chi connectivity index (χ2v) is 9.57. The van der Waals surface area contributed by atoms with E-state index in [9.17, 15) is 9.59 Å². The summed E-state index contributed by atoms with van der Waals surface area (Å²) in [5.41, 5.74) is 2.45. The maximum absolute atomic E-state index is 13.0. The number of hydrogen-bond donors (Lipinski definition) is 1. The van der Waals surface area contributed by atoms with Crippen molar-refractivity contribution in [3.63, 3.8) is 0 Å². The van der Waals surface area contributed by atoms with Crippen LogP contribution >= 0.6 is 22.9 Å². The Balaban J connectivity index is 1.32. The Labute approximate surface area is 193 Å². The first-order valence-corrected chi connectivity index (χ1v) is 11.7. The molecule has 1 amide bonds. The molecule has 2 aromatic heterocycles. The summed E-state index contributed by atoms with van der Waals surface area (Å²) in [6.45, 7) is 1.98. The highest BCUT2D eigenvalue weighted by Gasteiger charge is 2.28. The van der Waals surface area contributed by atoms with Crippen LogP contribution in [0.15, 0.2) is 53.3 Å². The highest BCUT2D eigenvalue weighted by atomic mass is 35.5. The molecule has 1 N–H and O–H groups in total. The number of rotatable bonds is 6. The van der Waals surface area contributed by atoms with Gasteiger partial charge >= 0.3 is 0 Å². The lowest BCUT2D eigenvalue weighted by Gasteiger charge is -2.12. The molecule has 4 aromatic rings. The van der Waals surface area contributed by atoms with Crippen LogP contribution in [0, 0.1) is 6.92 Å². The molecule has 0 spiro atoms. The average Bonchev–Trinajstić information content (AvgIpc) is 3.55. The quantitative estimate of drug-likeness (QED) is 0.415. The van der Waals surface area contributed by atoms with Gasteiger partial charge < -0.3 is 5.32 Å². The number of para-hydroxylation sites is 1. The van der Waals surface area contributed by atoms with Gasteiger partial charge in [-0.05, 0) is 44.0 Å². The Kier molecular flexibility index (Phi) is 5.53. The molecule has 2 aromatic carbocycles. The molecule has 0 bridgehead atoms. The van der Waals surface area contributed by atoms with Gasteiger partial charge in [0.2, 0.25) is 5.91 Å². The molecule has 0 aliphatic heterocycles. The molecule has 0 saturated heterocycles. The van der Waals surface area contributed by atoms with Crippen LogP contribution in [0.4, 0.5) is 5.13 Å². The van der Waals surface area contributed by atoms with Crippen molar-refractivity contribution in [3.05, 3.63) is 74.6 Å². The van der Waals surface area contributed by atoms with Crippen molar-refractivity contribution in [1.82, 2.24) is 14.5 Å². The van der Waals surface area contributed by atoms with Gasteiger partial charge in [-0.2, -0.15) is 0 Å². The smallest absolute Gasteiger partial charge is 0.261 e. The number of hydrogen-bond acceptors (Lipinski definition) is 5. The summed E-state index contributed by atoms with van der Waals surface area (Å²) in [6, 6.07) is 15.0. The first kappa shape index (κ1) is 20.8. The Morgan fingerprint density at radius 2 is 1.91 bits per heavy atom. The van der Waals surface area contributed by atoms with E-state index in [-0.39, 0.29) is 23.9 Å². The van der Waals surface area contributed by atoms with Crippen LogP contribution in [0.3, 0.4) is 0 Å². The van der Waals surface area contributed by atoms with E-state index in [1.807, 2.05) is 55.5 Å². The van der Waals surface area contributed by atoms with E-state index < -0.39 is 0 Å². The summed E-state index contributed by atoms with van der Waals surface area (Å²) in [5, 5.41) is 4.75. The van der Waals surface area contributed by atoms with Gasteiger partial charge in [-0.15, -0.1) is 11.3 Å². The molecule has 8 heteroatoms. The van der Waals surface area contributed by atoms with Gasteiger partial charge in [0.05, 0.1) is 16.6 Å². The maximum Gasteiger partial charge on any atom is 0.261 e. The third-order valence-corrected chi connectivity index (χ3v) is 6.67. The number of fused-ring (bicyclic) bond motifs is 1. The summed E-state index contributed by atoms with van der Waals surface area (Å²) in [7, 11) is 0. The molecule has 32 heavy (non-hydrogen) atoms. The fourth-order valence-corrected chi connectivity index (χ4v) is 4.79. The standard InChI is InChI=1S/C24H21ClN4O2S/c1-14-22(15-6-8-16(25)9-7-15)28-24(32-14)27-21(30)13-12-20-26-19-5-3-2-4-18(19)23(31)29(20)17-10-11-17/h2-9,17H,10-13H2,1H3,(H,27,28,30). The molecule has 2 heterocycles. The number of carbonyl (C=O) groups excluding carboxylic acids is 1. The second-order valence-electron chi connectivity index (χ2n) is 7.93. The zero-order valence-corrected chi connectivity index (χ0v) is 19.0. The highest BCUT2D eigenvalue weighted by molar-refractivity contribution is 7.16. The largest absolute Gasteiger partial charge is 0.302 e. The minimum atomic E-state index is -0.147. The molecule has 1 saturated carbocycles. The summed E-state index contributed by atoms with van der Waals surface area (Å²) >= 11 is 7.41. The van der Waals surface area contributed by atoms with Crippen LogP contribution in [0.1, 0.15) is 36.0 Å². The lowest BCUT2D eigenvalue weighted by atomic mass is 10.1. The lowest BCUT2D eigenvalue weighted by Crippen LogP contribution is -2.25. The Morgan fingerprint density at radius 3 is 2.66 bits per heavy atom. The summed E-state index contributed by atoms with van der Waals surface area (Å²) < 4.78 is 1.78. The number of carbonyl (C=O) groups is 1. The van der Waals surface area contributed by atoms with Gasteiger partial charge in [-0.1, -0.05) is 35.9 Å². The average molecular weight is 465 g/mol. The number of nitrogens with one attached hydrogen (secondary N) is 1. The maximum atomic E-state index is 13.0. The number of thiazole rings is 1.